The molecule has 0 fully saturated rings. The average Bonchev–Trinajstić information content (AvgIpc) is 2.66. The Hall–Kier alpha value is -1.75. The van der Waals surface area contributed by atoms with E-state index in [4.69, 9.17) is 0 Å². The molecule has 0 aliphatic heterocycles. The molecule has 4 nitrogen and oxygen atoms in total. The van der Waals surface area contributed by atoms with E-state index in [-0.39, 0.29) is 0 Å². The van der Waals surface area contributed by atoms with E-state index < -0.39 is 0 Å². The Balaban J connectivity index is 2.55. The SMILES string of the molecule is CSc1c(N(C=O)c2ccccc2)c(C)nn1C. The Labute approximate surface area is 111 Å². The van der Waals surface area contributed by atoms with Crippen LogP contribution in [0.2, 0.25) is 0 Å². The second kappa shape index (κ2) is 5.27. The van der Waals surface area contributed by atoms with Crippen molar-refractivity contribution in [2.45, 2.75) is 11.9 Å². The molecule has 1 heterocycles. The lowest BCUT2D eigenvalue weighted by molar-refractivity contribution is -0.106. The Morgan fingerprint density at radius 3 is 2.56 bits per heavy atom. The highest BCUT2D eigenvalue weighted by molar-refractivity contribution is 7.98. The molecule has 0 unspecified atom stereocenters. The van der Waals surface area contributed by atoms with E-state index in [0.717, 1.165) is 28.5 Å². The van der Waals surface area contributed by atoms with Crippen molar-refractivity contribution in [3.8, 4) is 0 Å². The minimum Gasteiger partial charge on any atom is -0.279 e. The molecule has 2 aromatic rings. The summed E-state index contributed by atoms with van der Waals surface area (Å²) < 4.78 is 1.80. The zero-order valence-corrected chi connectivity index (χ0v) is 11.4. The summed E-state index contributed by atoms with van der Waals surface area (Å²) in [6.45, 7) is 1.91. The number of aryl methyl sites for hydroxylation is 2. The van der Waals surface area contributed by atoms with Crippen LogP contribution in [0.3, 0.4) is 0 Å². The first-order chi connectivity index (χ1) is 8.69. The van der Waals surface area contributed by atoms with Gasteiger partial charge in [-0.15, -0.1) is 11.8 Å². The topological polar surface area (TPSA) is 38.1 Å². The van der Waals surface area contributed by atoms with Crippen LogP contribution in [0.25, 0.3) is 0 Å². The summed E-state index contributed by atoms with van der Waals surface area (Å²) in [5.74, 6) is 0. The van der Waals surface area contributed by atoms with E-state index in [1.54, 1.807) is 21.3 Å². The van der Waals surface area contributed by atoms with Crippen molar-refractivity contribution in [2.75, 3.05) is 11.2 Å². The third kappa shape index (κ3) is 2.13. The number of nitrogens with zero attached hydrogens (tertiary/aromatic N) is 3. The lowest BCUT2D eigenvalue weighted by Crippen LogP contribution is -2.15. The molecule has 0 atom stereocenters. The fourth-order valence-corrected chi connectivity index (χ4v) is 2.71. The van der Waals surface area contributed by atoms with Gasteiger partial charge < -0.3 is 0 Å². The fourth-order valence-electron chi connectivity index (χ4n) is 1.96. The molecule has 1 amide bonds. The minimum atomic E-state index is 0.832. The van der Waals surface area contributed by atoms with Crippen LogP contribution in [0.15, 0.2) is 35.4 Å². The van der Waals surface area contributed by atoms with E-state index in [0.29, 0.717) is 0 Å². The van der Waals surface area contributed by atoms with Crippen LogP contribution < -0.4 is 4.90 Å². The number of benzene rings is 1. The molecule has 2 rings (SSSR count). The van der Waals surface area contributed by atoms with Crippen LogP contribution in [0.4, 0.5) is 11.4 Å². The fraction of sp³-hybridized carbons (Fsp3) is 0.231. The van der Waals surface area contributed by atoms with Gasteiger partial charge in [-0.2, -0.15) is 5.10 Å². The Morgan fingerprint density at radius 2 is 2.00 bits per heavy atom. The first-order valence-electron chi connectivity index (χ1n) is 5.56. The standard InChI is InChI=1S/C13H15N3OS/c1-10-12(13(18-3)15(2)14-10)16(9-17)11-7-5-4-6-8-11/h4-9H,1-3H3. The lowest BCUT2D eigenvalue weighted by Gasteiger charge is -2.18. The number of anilines is 2. The van der Waals surface area contributed by atoms with Crippen LogP contribution in [-0.4, -0.2) is 22.4 Å². The molecule has 0 aliphatic rings. The summed E-state index contributed by atoms with van der Waals surface area (Å²) in [5.41, 5.74) is 2.54. The number of thioether (sulfide) groups is 1. The normalized spacial score (nSPS) is 10.4. The summed E-state index contributed by atoms with van der Waals surface area (Å²) in [5, 5.41) is 5.35. The van der Waals surface area contributed by atoms with Crippen LogP contribution in [0.1, 0.15) is 5.69 Å². The van der Waals surface area contributed by atoms with Crippen molar-refractivity contribution < 1.29 is 4.79 Å². The zero-order chi connectivity index (χ0) is 13.1. The van der Waals surface area contributed by atoms with Crippen LogP contribution in [0, 0.1) is 6.92 Å². The number of hydrogen-bond donors (Lipinski definition) is 0. The number of para-hydroxylation sites is 1. The number of carbonyl (C=O) groups is 1. The van der Waals surface area contributed by atoms with Gasteiger partial charge in [0.25, 0.3) is 0 Å². The third-order valence-electron chi connectivity index (χ3n) is 2.71. The van der Waals surface area contributed by atoms with Gasteiger partial charge in [0.2, 0.25) is 6.41 Å². The molecule has 0 saturated heterocycles. The highest BCUT2D eigenvalue weighted by Gasteiger charge is 2.19. The van der Waals surface area contributed by atoms with Crippen LogP contribution in [0.5, 0.6) is 0 Å². The molecular weight excluding hydrogens is 246 g/mol. The Kier molecular flexibility index (Phi) is 3.72. The maximum absolute atomic E-state index is 11.4. The lowest BCUT2D eigenvalue weighted by atomic mass is 10.2. The van der Waals surface area contributed by atoms with Crippen LogP contribution >= 0.6 is 11.8 Å². The molecule has 0 saturated carbocycles. The van der Waals surface area contributed by atoms with Gasteiger partial charge >= 0.3 is 0 Å². The Morgan fingerprint density at radius 1 is 1.33 bits per heavy atom. The van der Waals surface area contributed by atoms with Gasteiger partial charge in [-0.3, -0.25) is 14.4 Å². The monoisotopic (exact) mass is 261 g/mol. The molecule has 0 N–H and O–H groups in total. The van der Waals surface area contributed by atoms with Gasteiger partial charge in [0.05, 0.1) is 5.69 Å². The first-order valence-corrected chi connectivity index (χ1v) is 6.78. The molecular formula is C13H15N3OS. The molecule has 0 spiro atoms. The molecule has 18 heavy (non-hydrogen) atoms. The Bertz CT molecular complexity index is 551. The molecule has 1 aromatic carbocycles. The summed E-state index contributed by atoms with van der Waals surface area (Å²) in [7, 11) is 1.89. The molecule has 0 radical (unpaired) electrons. The second-order valence-corrected chi connectivity index (χ2v) is 4.67. The third-order valence-corrected chi connectivity index (χ3v) is 3.56. The van der Waals surface area contributed by atoms with E-state index >= 15 is 0 Å². The van der Waals surface area contributed by atoms with Crippen molar-refractivity contribution in [3.05, 3.63) is 36.0 Å². The predicted octanol–water partition coefficient (Wildman–Crippen LogP) is 2.74. The van der Waals surface area contributed by atoms with Crippen molar-refractivity contribution in [2.24, 2.45) is 7.05 Å². The van der Waals surface area contributed by atoms with Crippen molar-refractivity contribution >= 4 is 29.5 Å². The van der Waals surface area contributed by atoms with Gasteiger partial charge in [0.15, 0.2) is 0 Å². The van der Waals surface area contributed by atoms with Gasteiger partial charge in [-0.05, 0) is 25.3 Å². The van der Waals surface area contributed by atoms with Crippen molar-refractivity contribution in [1.82, 2.24) is 9.78 Å². The smallest absolute Gasteiger partial charge is 0.218 e. The van der Waals surface area contributed by atoms with Gasteiger partial charge in [-0.1, -0.05) is 18.2 Å². The summed E-state index contributed by atoms with van der Waals surface area (Å²) >= 11 is 1.58. The van der Waals surface area contributed by atoms with Crippen LogP contribution in [-0.2, 0) is 11.8 Å². The van der Waals surface area contributed by atoms with E-state index in [1.165, 1.54) is 0 Å². The maximum Gasteiger partial charge on any atom is 0.218 e. The summed E-state index contributed by atoms with van der Waals surface area (Å²) in [6.07, 6.45) is 2.81. The largest absolute Gasteiger partial charge is 0.279 e. The van der Waals surface area contributed by atoms with Crippen molar-refractivity contribution in [1.29, 1.82) is 0 Å². The van der Waals surface area contributed by atoms with Crippen molar-refractivity contribution in [3.63, 3.8) is 0 Å². The molecule has 94 valence electrons. The van der Waals surface area contributed by atoms with E-state index in [1.807, 2.05) is 50.6 Å². The quantitative estimate of drug-likeness (QED) is 0.627. The molecule has 0 aliphatic carbocycles. The number of amides is 1. The second-order valence-electron chi connectivity index (χ2n) is 3.88. The number of hydrogen-bond acceptors (Lipinski definition) is 3. The zero-order valence-electron chi connectivity index (χ0n) is 10.6. The van der Waals surface area contributed by atoms with E-state index in [9.17, 15) is 4.79 Å². The number of aromatic nitrogens is 2. The predicted molar refractivity (Wildman–Crippen MR) is 74.4 cm³/mol. The first kappa shape index (κ1) is 12.7. The molecule has 0 bridgehead atoms. The summed E-state index contributed by atoms with van der Waals surface area (Å²) in [4.78, 5) is 13.0. The van der Waals surface area contributed by atoms with Gasteiger partial charge in [0.1, 0.15) is 10.7 Å². The highest BCUT2D eigenvalue weighted by Crippen LogP contribution is 2.34. The summed E-state index contributed by atoms with van der Waals surface area (Å²) in [6, 6.07) is 9.57. The maximum atomic E-state index is 11.4. The molecule has 1 aromatic heterocycles. The minimum absolute atomic E-state index is 0.832. The highest BCUT2D eigenvalue weighted by atomic mass is 32.2. The number of rotatable bonds is 4. The van der Waals surface area contributed by atoms with Gasteiger partial charge in [-0.25, -0.2) is 0 Å². The van der Waals surface area contributed by atoms with E-state index in [2.05, 4.69) is 5.10 Å². The average molecular weight is 261 g/mol. The van der Waals surface area contributed by atoms with Gasteiger partial charge in [0, 0.05) is 12.7 Å². The number of carbonyl (C=O) groups excluding carboxylic acids is 1. The molecule has 5 heteroatoms.